The lowest BCUT2D eigenvalue weighted by molar-refractivity contribution is -0.203. The number of nitrogens with zero attached hydrogens (tertiary/aromatic N) is 1. The standard InChI is InChI=1S/C11H16F3N3O4/c12-11(13,14)10(20)21-9(19)8-3-1-7(2-4-8)5-16-17(15)6-18/h6-8,16H,1-5,15H2. The predicted octanol–water partition coefficient (Wildman–Crippen LogP) is 0.262. The summed E-state index contributed by atoms with van der Waals surface area (Å²) in [5.74, 6) is 0.993. The van der Waals surface area contributed by atoms with Crippen LogP contribution in [0.4, 0.5) is 13.2 Å². The summed E-state index contributed by atoms with van der Waals surface area (Å²) in [6.45, 7) is 0.415. The lowest BCUT2D eigenvalue weighted by atomic mass is 9.82. The molecule has 0 spiro atoms. The molecule has 120 valence electrons. The van der Waals surface area contributed by atoms with E-state index in [-0.39, 0.29) is 5.92 Å². The number of ether oxygens (including phenoxy) is 1. The van der Waals surface area contributed by atoms with Crippen LogP contribution in [0.1, 0.15) is 25.7 Å². The molecular formula is C11H16F3N3O4. The molecule has 0 aliphatic heterocycles. The van der Waals surface area contributed by atoms with E-state index in [1.807, 2.05) is 0 Å². The lowest BCUT2D eigenvalue weighted by Gasteiger charge is -2.27. The third-order valence-corrected chi connectivity index (χ3v) is 3.28. The minimum absolute atomic E-state index is 0.137. The molecule has 0 atom stereocenters. The van der Waals surface area contributed by atoms with Gasteiger partial charge in [0.1, 0.15) is 0 Å². The molecule has 0 unspecified atom stereocenters. The summed E-state index contributed by atoms with van der Waals surface area (Å²) >= 11 is 0. The van der Waals surface area contributed by atoms with Gasteiger partial charge in [0.05, 0.1) is 5.92 Å². The summed E-state index contributed by atoms with van der Waals surface area (Å²) in [6.07, 6.45) is -3.02. The Morgan fingerprint density at radius 3 is 2.33 bits per heavy atom. The van der Waals surface area contributed by atoms with Crippen LogP contribution in [-0.2, 0) is 19.1 Å². The van der Waals surface area contributed by atoms with Crippen molar-refractivity contribution < 1.29 is 32.3 Å². The highest BCUT2D eigenvalue weighted by atomic mass is 19.4. The summed E-state index contributed by atoms with van der Waals surface area (Å²) < 4.78 is 39.7. The summed E-state index contributed by atoms with van der Waals surface area (Å²) in [5, 5.41) is 0.766. The number of esters is 2. The van der Waals surface area contributed by atoms with Crippen LogP contribution in [-0.4, -0.2) is 36.2 Å². The molecular weight excluding hydrogens is 295 g/mol. The number of amides is 1. The van der Waals surface area contributed by atoms with E-state index in [1.54, 1.807) is 0 Å². The van der Waals surface area contributed by atoms with Crippen LogP contribution in [0.2, 0.25) is 0 Å². The number of rotatable bonds is 5. The van der Waals surface area contributed by atoms with E-state index in [2.05, 4.69) is 10.2 Å². The molecule has 1 amide bonds. The molecule has 0 aromatic rings. The van der Waals surface area contributed by atoms with Gasteiger partial charge in [0.15, 0.2) is 0 Å². The lowest BCUT2D eigenvalue weighted by Crippen LogP contribution is -2.45. The number of carbonyl (C=O) groups excluding carboxylic acids is 3. The Labute approximate surface area is 118 Å². The first-order chi connectivity index (χ1) is 9.74. The Morgan fingerprint density at radius 2 is 1.86 bits per heavy atom. The van der Waals surface area contributed by atoms with E-state index in [4.69, 9.17) is 5.84 Å². The van der Waals surface area contributed by atoms with Crippen LogP contribution in [0.5, 0.6) is 0 Å². The Bertz CT molecular complexity index is 395. The largest absolute Gasteiger partial charge is 0.491 e. The van der Waals surface area contributed by atoms with Crippen LogP contribution in [0.15, 0.2) is 0 Å². The van der Waals surface area contributed by atoms with Crippen molar-refractivity contribution in [3.63, 3.8) is 0 Å². The number of halogens is 3. The molecule has 1 aliphatic carbocycles. The third-order valence-electron chi connectivity index (χ3n) is 3.28. The maximum atomic E-state index is 12.0. The molecule has 0 bridgehead atoms. The smallest absolute Gasteiger partial charge is 0.386 e. The fourth-order valence-electron chi connectivity index (χ4n) is 2.11. The highest BCUT2D eigenvalue weighted by Gasteiger charge is 2.43. The summed E-state index contributed by atoms with van der Waals surface area (Å²) in [5.41, 5.74) is 2.62. The van der Waals surface area contributed by atoms with Gasteiger partial charge in [-0.1, -0.05) is 0 Å². The second-order valence-electron chi connectivity index (χ2n) is 4.80. The Balaban J connectivity index is 2.34. The maximum absolute atomic E-state index is 12.0. The molecule has 0 radical (unpaired) electrons. The van der Waals surface area contributed by atoms with E-state index >= 15 is 0 Å². The highest BCUT2D eigenvalue weighted by molar-refractivity contribution is 5.89. The van der Waals surface area contributed by atoms with Gasteiger partial charge in [-0.15, -0.1) is 0 Å². The minimum atomic E-state index is -5.17. The SMILES string of the molecule is NN(C=O)NCC1CCC(C(=O)OC(=O)C(F)(F)F)CC1. The molecule has 0 aromatic heterocycles. The van der Waals surface area contributed by atoms with Gasteiger partial charge in [0, 0.05) is 6.54 Å². The van der Waals surface area contributed by atoms with Crippen molar-refractivity contribution >= 4 is 18.3 Å². The number of hydrogen-bond acceptors (Lipinski definition) is 6. The average Bonchev–Trinajstić information content (AvgIpc) is 2.44. The number of nitrogens with two attached hydrogens (primary N) is 1. The second-order valence-corrected chi connectivity index (χ2v) is 4.80. The molecule has 1 rings (SSSR count). The molecule has 0 heterocycles. The van der Waals surface area contributed by atoms with Crippen molar-refractivity contribution in [1.29, 1.82) is 0 Å². The van der Waals surface area contributed by atoms with E-state index in [0.29, 0.717) is 38.6 Å². The van der Waals surface area contributed by atoms with Gasteiger partial charge in [-0.2, -0.15) is 13.2 Å². The van der Waals surface area contributed by atoms with E-state index in [1.165, 1.54) is 0 Å². The van der Waals surface area contributed by atoms with Crippen LogP contribution in [0.25, 0.3) is 0 Å². The predicted molar refractivity (Wildman–Crippen MR) is 62.7 cm³/mol. The molecule has 1 fully saturated rings. The van der Waals surface area contributed by atoms with Crippen molar-refractivity contribution in [2.24, 2.45) is 17.7 Å². The Morgan fingerprint density at radius 1 is 1.29 bits per heavy atom. The molecule has 1 saturated carbocycles. The van der Waals surface area contributed by atoms with Crippen molar-refractivity contribution in [1.82, 2.24) is 10.5 Å². The number of alkyl halides is 3. The normalized spacial score (nSPS) is 22.5. The molecule has 3 N–H and O–H groups in total. The molecule has 10 heteroatoms. The zero-order chi connectivity index (χ0) is 16.0. The van der Waals surface area contributed by atoms with Crippen molar-refractivity contribution in [3.8, 4) is 0 Å². The second kappa shape index (κ2) is 7.36. The van der Waals surface area contributed by atoms with Gasteiger partial charge in [0.25, 0.3) is 0 Å². The number of nitrogens with one attached hydrogen (secondary N) is 1. The van der Waals surface area contributed by atoms with E-state index in [9.17, 15) is 27.6 Å². The Hall–Kier alpha value is -1.68. The van der Waals surface area contributed by atoms with Crippen LogP contribution < -0.4 is 11.3 Å². The van der Waals surface area contributed by atoms with Crippen LogP contribution in [0, 0.1) is 11.8 Å². The maximum Gasteiger partial charge on any atom is 0.491 e. The average molecular weight is 311 g/mol. The third kappa shape index (κ3) is 5.68. The monoisotopic (exact) mass is 311 g/mol. The van der Waals surface area contributed by atoms with E-state index in [0.717, 1.165) is 5.12 Å². The van der Waals surface area contributed by atoms with Crippen molar-refractivity contribution in [2.75, 3.05) is 6.54 Å². The van der Waals surface area contributed by atoms with Gasteiger partial charge in [0.2, 0.25) is 6.41 Å². The quantitative estimate of drug-likeness (QED) is 0.189. The van der Waals surface area contributed by atoms with Gasteiger partial charge < -0.3 is 4.74 Å². The number of hydrogen-bond donors (Lipinski definition) is 2. The first-order valence-corrected chi connectivity index (χ1v) is 6.29. The van der Waals surface area contributed by atoms with Crippen LogP contribution >= 0.6 is 0 Å². The van der Waals surface area contributed by atoms with E-state index < -0.39 is 24.0 Å². The molecule has 21 heavy (non-hydrogen) atoms. The van der Waals surface area contributed by atoms with Gasteiger partial charge >= 0.3 is 18.1 Å². The number of hydrazine groups is 2. The van der Waals surface area contributed by atoms with Crippen molar-refractivity contribution in [3.05, 3.63) is 0 Å². The number of carbonyl (C=O) groups is 3. The Kier molecular flexibility index (Phi) is 6.09. The van der Waals surface area contributed by atoms with Gasteiger partial charge in [-0.05, 0) is 31.6 Å². The topological polar surface area (TPSA) is 102 Å². The van der Waals surface area contributed by atoms with Crippen LogP contribution in [0.3, 0.4) is 0 Å². The summed E-state index contributed by atoms with van der Waals surface area (Å²) in [4.78, 5) is 32.3. The summed E-state index contributed by atoms with van der Waals surface area (Å²) in [7, 11) is 0. The van der Waals surface area contributed by atoms with Gasteiger partial charge in [-0.25, -0.2) is 21.2 Å². The zero-order valence-corrected chi connectivity index (χ0v) is 11.1. The van der Waals surface area contributed by atoms with Gasteiger partial charge in [-0.3, -0.25) is 9.59 Å². The molecule has 1 aliphatic rings. The van der Waals surface area contributed by atoms with Crippen molar-refractivity contribution in [2.45, 2.75) is 31.9 Å². The molecule has 7 nitrogen and oxygen atoms in total. The molecule has 0 aromatic carbocycles. The molecule has 0 saturated heterocycles. The summed E-state index contributed by atoms with van der Waals surface area (Å²) in [6, 6.07) is 0. The zero-order valence-electron chi connectivity index (χ0n) is 11.1. The first kappa shape index (κ1) is 17.4. The fourth-order valence-corrected chi connectivity index (χ4v) is 2.11. The minimum Gasteiger partial charge on any atom is -0.386 e. The first-order valence-electron chi connectivity index (χ1n) is 6.29. The highest BCUT2D eigenvalue weighted by Crippen LogP contribution is 2.30. The fraction of sp³-hybridized carbons (Fsp3) is 0.727.